The lowest BCUT2D eigenvalue weighted by Gasteiger charge is -2.11. The van der Waals surface area contributed by atoms with Gasteiger partial charge in [-0.1, -0.05) is 25.7 Å². The Labute approximate surface area is 89.5 Å². The highest BCUT2D eigenvalue weighted by atomic mass is 28.4. The highest BCUT2D eigenvalue weighted by molar-refractivity contribution is 6.70. The maximum atomic E-state index is 13.2. The molecule has 14 heavy (non-hydrogen) atoms. The van der Waals surface area contributed by atoms with Crippen LogP contribution >= 0.6 is 0 Å². The zero-order chi connectivity index (χ0) is 11.2. The zero-order valence-electron chi connectivity index (χ0n) is 10.00. The summed E-state index contributed by atoms with van der Waals surface area (Å²) in [6.07, 6.45) is 4.13. The standard InChI is InChI=1S/C10H24F2Si2/c1-13(2,11)9-7-5-6-8-10-14(3,4)12/h5-10H2,1-4H3. The van der Waals surface area contributed by atoms with E-state index in [2.05, 4.69) is 0 Å². The molecule has 0 nitrogen and oxygen atoms in total. The van der Waals surface area contributed by atoms with E-state index in [0.717, 1.165) is 37.8 Å². The minimum Gasteiger partial charge on any atom is -0.314 e. The highest BCUT2D eigenvalue weighted by Gasteiger charge is 2.20. The Balaban J connectivity index is 3.23. The first kappa shape index (κ1) is 14.3. The number of unbranched alkanes of at least 4 members (excludes halogenated alkanes) is 3. The summed E-state index contributed by atoms with van der Waals surface area (Å²) in [5.74, 6) is 0. The summed E-state index contributed by atoms with van der Waals surface area (Å²) >= 11 is 0. The number of hydrogen-bond acceptors (Lipinski definition) is 0. The van der Waals surface area contributed by atoms with Crippen molar-refractivity contribution >= 4 is 16.8 Å². The Morgan fingerprint density at radius 1 is 0.643 bits per heavy atom. The van der Waals surface area contributed by atoms with Gasteiger partial charge >= 0.3 is 0 Å². The van der Waals surface area contributed by atoms with Gasteiger partial charge in [-0.15, -0.1) is 0 Å². The molecule has 0 N–H and O–H groups in total. The summed E-state index contributed by atoms with van der Waals surface area (Å²) in [5.41, 5.74) is 0. The van der Waals surface area contributed by atoms with Gasteiger partial charge in [0.15, 0.2) is 0 Å². The van der Waals surface area contributed by atoms with Crippen molar-refractivity contribution in [3.05, 3.63) is 0 Å². The molecule has 86 valence electrons. The first-order valence-corrected chi connectivity index (χ1v) is 11.8. The summed E-state index contributed by atoms with van der Waals surface area (Å²) in [5, 5.41) is 0. The molecule has 0 saturated heterocycles. The average molecular weight is 238 g/mol. The molecule has 0 amide bonds. The molecule has 4 heteroatoms. The van der Waals surface area contributed by atoms with Gasteiger partial charge in [0.2, 0.25) is 16.8 Å². The topological polar surface area (TPSA) is 0 Å². The normalized spacial score (nSPS) is 13.3. The van der Waals surface area contributed by atoms with E-state index in [-0.39, 0.29) is 0 Å². The summed E-state index contributed by atoms with van der Waals surface area (Å²) in [6.45, 7) is 7.02. The lowest BCUT2D eigenvalue weighted by Crippen LogP contribution is -2.17. The van der Waals surface area contributed by atoms with Crippen molar-refractivity contribution in [3.63, 3.8) is 0 Å². The molecular formula is C10H24F2Si2. The molecule has 0 rings (SSSR count). The third-order valence-corrected chi connectivity index (χ3v) is 5.38. The zero-order valence-corrected chi connectivity index (χ0v) is 12.0. The van der Waals surface area contributed by atoms with E-state index in [9.17, 15) is 8.22 Å². The van der Waals surface area contributed by atoms with Gasteiger partial charge in [0.25, 0.3) is 0 Å². The smallest absolute Gasteiger partial charge is 0.240 e. The Hall–Kier alpha value is 0.294. The molecule has 0 fully saturated rings. The molecule has 0 aliphatic carbocycles. The lowest BCUT2D eigenvalue weighted by molar-refractivity contribution is 0.658. The highest BCUT2D eigenvalue weighted by Crippen LogP contribution is 2.19. The second-order valence-electron chi connectivity index (χ2n) is 5.35. The second kappa shape index (κ2) is 6.00. The number of rotatable bonds is 7. The van der Waals surface area contributed by atoms with Crippen molar-refractivity contribution in [1.82, 2.24) is 0 Å². The van der Waals surface area contributed by atoms with Gasteiger partial charge in [0.1, 0.15) is 0 Å². The van der Waals surface area contributed by atoms with Gasteiger partial charge in [-0.05, 0) is 38.3 Å². The lowest BCUT2D eigenvalue weighted by atomic mass is 10.2. The van der Waals surface area contributed by atoms with Crippen molar-refractivity contribution in [1.29, 1.82) is 0 Å². The molecule has 0 aromatic carbocycles. The van der Waals surface area contributed by atoms with Crippen molar-refractivity contribution < 1.29 is 8.22 Å². The monoisotopic (exact) mass is 238 g/mol. The molecular weight excluding hydrogens is 214 g/mol. The molecule has 0 bridgehead atoms. The van der Waals surface area contributed by atoms with E-state index >= 15 is 0 Å². The molecule has 0 unspecified atom stereocenters. The van der Waals surface area contributed by atoms with Crippen molar-refractivity contribution in [2.24, 2.45) is 0 Å². The molecule has 0 aromatic heterocycles. The van der Waals surface area contributed by atoms with E-state index in [1.807, 2.05) is 0 Å². The predicted molar refractivity (Wildman–Crippen MR) is 65.3 cm³/mol. The molecule has 0 aliphatic heterocycles. The minimum absolute atomic E-state index is 0.767. The van der Waals surface area contributed by atoms with Crippen LogP contribution in [0.25, 0.3) is 0 Å². The Morgan fingerprint density at radius 3 is 1.14 bits per heavy atom. The predicted octanol–water partition coefficient (Wildman–Crippen LogP) is 4.90. The quantitative estimate of drug-likeness (QED) is 0.336. The van der Waals surface area contributed by atoms with Crippen LogP contribution in [0.2, 0.25) is 38.3 Å². The molecule has 0 spiro atoms. The largest absolute Gasteiger partial charge is 0.314 e. The fourth-order valence-electron chi connectivity index (χ4n) is 1.44. The van der Waals surface area contributed by atoms with Crippen LogP contribution in [-0.2, 0) is 0 Å². The van der Waals surface area contributed by atoms with E-state index < -0.39 is 16.8 Å². The van der Waals surface area contributed by atoms with Gasteiger partial charge in [0.05, 0.1) is 0 Å². The first-order chi connectivity index (χ1) is 6.21. The van der Waals surface area contributed by atoms with Crippen molar-refractivity contribution in [2.75, 3.05) is 0 Å². The van der Waals surface area contributed by atoms with Crippen LogP contribution in [0.1, 0.15) is 25.7 Å². The van der Waals surface area contributed by atoms with Gasteiger partial charge in [-0.3, -0.25) is 0 Å². The minimum atomic E-state index is -2.32. The van der Waals surface area contributed by atoms with Gasteiger partial charge in [0, 0.05) is 0 Å². The van der Waals surface area contributed by atoms with Crippen LogP contribution < -0.4 is 0 Å². The maximum absolute atomic E-state index is 13.2. The molecule has 0 heterocycles. The fraction of sp³-hybridized carbons (Fsp3) is 1.00. The van der Waals surface area contributed by atoms with Crippen molar-refractivity contribution in [2.45, 2.75) is 64.0 Å². The van der Waals surface area contributed by atoms with E-state index in [4.69, 9.17) is 0 Å². The van der Waals surface area contributed by atoms with Crippen LogP contribution in [0.5, 0.6) is 0 Å². The van der Waals surface area contributed by atoms with Gasteiger partial charge in [-0.2, -0.15) is 0 Å². The SMILES string of the molecule is C[Si](C)(F)CCCCCC[Si](C)(C)F. The van der Waals surface area contributed by atoms with E-state index in [1.165, 1.54) is 0 Å². The molecule has 0 saturated carbocycles. The fourth-order valence-corrected chi connectivity index (χ4v) is 3.63. The van der Waals surface area contributed by atoms with Crippen LogP contribution in [0.4, 0.5) is 8.22 Å². The van der Waals surface area contributed by atoms with Crippen LogP contribution in [-0.4, -0.2) is 16.8 Å². The Bertz CT molecular complexity index is 129. The number of hydrogen-bond donors (Lipinski definition) is 0. The molecule has 0 aliphatic rings. The van der Waals surface area contributed by atoms with Crippen LogP contribution in [0.3, 0.4) is 0 Å². The van der Waals surface area contributed by atoms with Gasteiger partial charge < -0.3 is 8.22 Å². The Kier molecular flexibility index (Phi) is 6.13. The van der Waals surface area contributed by atoms with Crippen molar-refractivity contribution in [3.8, 4) is 0 Å². The van der Waals surface area contributed by atoms with Crippen LogP contribution in [0.15, 0.2) is 0 Å². The third-order valence-electron chi connectivity index (χ3n) is 2.29. The summed E-state index contributed by atoms with van der Waals surface area (Å²) in [4.78, 5) is 0. The Morgan fingerprint density at radius 2 is 0.929 bits per heavy atom. The molecule has 0 atom stereocenters. The summed E-state index contributed by atoms with van der Waals surface area (Å²) in [6, 6.07) is 1.53. The van der Waals surface area contributed by atoms with E-state index in [1.54, 1.807) is 26.2 Å². The summed E-state index contributed by atoms with van der Waals surface area (Å²) < 4.78 is 26.3. The number of halogens is 2. The van der Waals surface area contributed by atoms with Crippen LogP contribution in [0, 0.1) is 0 Å². The van der Waals surface area contributed by atoms with E-state index in [0.29, 0.717) is 0 Å². The van der Waals surface area contributed by atoms with Gasteiger partial charge in [-0.25, -0.2) is 0 Å². The third kappa shape index (κ3) is 12.3. The average Bonchev–Trinajstić information content (AvgIpc) is 1.92. The first-order valence-electron chi connectivity index (χ1n) is 5.59. The second-order valence-corrected chi connectivity index (χ2v) is 13.2. The molecule has 0 aromatic rings. The summed E-state index contributed by atoms with van der Waals surface area (Å²) in [7, 11) is -4.64. The maximum Gasteiger partial charge on any atom is 0.240 e. The molecule has 0 radical (unpaired) electrons.